The fraction of sp³-hybridized carbons (Fsp3) is 0.704. The Bertz CT molecular complexity index is 921. The van der Waals surface area contributed by atoms with Gasteiger partial charge in [-0.2, -0.15) is 0 Å². The molecule has 2 amide bonds. The summed E-state index contributed by atoms with van der Waals surface area (Å²) in [4.78, 5) is 27.3. The maximum Gasteiger partial charge on any atom is 0.246 e. The van der Waals surface area contributed by atoms with E-state index in [2.05, 4.69) is 17.6 Å². The van der Waals surface area contributed by atoms with Crippen LogP contribution in [0.3, 0.4) is 0 Å². The van der Waals surface area contributed by atoms with Gasteiger partial charge in [0.15, 0.2) is 0 Å². The number of aliphatic hydroxyl groups excluding tert-OH is 1. The van der Waals surface area contributed by atoms with Crippen molar-refractivity contribution < 1.29 is 23.5 Å². The number of carbonyl (C=O) groups excluding carboxylic acids is 2. The molecule has 3 saturated heterocycles. The van der Waals surface area contributed by atoms with Crippen LogP contribution in [0, 0.1) is 5.92 Å². The average molecular weight is 520 g/mol. The predicted molar refractivity (Wildman–Crippen MR) is 141 cm³/mol. The number of aliphatic hydroxyl groups is 1. The van der Waals surface area contributed by atoms with E-state index in [1.807, 2.05) is 24.3 Å². The first-order chi connectivity index (χ1) is 17.2. The molecule has 36 heavy (non-hydrogen) atoms. The molecular weight excluding hydrogens is 477 g/mol. The second-order valence-electron chi connectivity index (χ2n) is 11.3. The molecule has 3 aliphatic heterocycles. The van der Waals surface area contributed by atoms with E-state index in [-0.39, 0.29) is 54.5 Å². The number of likely N-dealkylation sites (tertiary alicyclic amines) is 1. The lowest BCUT2D eigenvalue weighted by Gasteiger charge is -2.30. The van der Waals surface area contributed by atoms with E-state index in [0.717, 1.165) is 56.3 Å². The van der Waals surface area contributed by atoms with Gasteiger partial charge in [0.2, 0.25) is 20.2 Å². The molecule has 3 aliphatic rings. The summed E-state index contributed by atoms with van der Waals surface area (Å²) in [5.41, 5.74) is 1.64. The molecule has 9 heteroatoms. The number of nitrogens with one attached hydrogen (secondary N) is 2. The van der Waals surface area contributed by atoms with Crippen molar-refractivity contribution in [3.63, 3.8) is 0 Å². The number of anilines is 1. The Morgan fingerprint density at radius 2 is 2.06 bits per heavy atom. The van der Waals surface area contributed by atoms with Crippen molar-refractivity contribution in [2.24, 2.45) is 5.92 Å². The highest BCUT2D eigenvalue weighted by Crippen LogP contribution is 2.47. The second-order valence-corrected chi connectivity index (χ2v) is 15.1. The van der Waals surface area contributed by atoms with Crippen molar-refractivity contribution in [3.05, 3.63) is 29.8 Å². The van der Waals surface area contributed by atoms with Gasteiger partial charge < -0.3 is 29.5 Å². The quantitative estimate of drug-likeness (QED) is 0.342. The Balaban J connectivity index is 1.37. The minimum absolute atomic E-state index is 0.00400. The summed E-state index contributed by atoms with van der Waals surface area (Å²) < 4.78 is 21.9. The minimum Gasteiger partial charge on any atom is -0.394 e. The molecule has 0 radical (unpaired) electrons. The van der Waals surface area contributed by atoms with Crippen LogP contribution in [0.4, 0.5) is 9.80 Å². The average Bonchev–Trinajstić information content (AvgIpc) is 3.58. The van der Waals surface area contributed by atoms with Crippen LogP contribution in [0.15, 0.2) is 24.3 Å². The van der Waals surface area contributed by atoms with Crippen molar-refractivity contribution in [1.82, 2.24) is 10.2 Å². The maximum absolute atomic E-state index is 15.5. The summed E-state index contributed by atoms with van der Waals surface area (Å²) in [6.45, 7) is 7.00. The predicted octanol–water partition coefficient (Wildman–Crippen LogP) is 3.63. The number of halogens is 1. The topological polar surface area (TPSA) is 90.9 Å². The van der Waals surface area contributed by atoms with Crippen molar-refractivity contribution in [1.29, 1.82) is 0 Å². The zero-order chi connectivity index (χ0) is 25.9. The molecule has 0 saturated carbocycles. The number of hydrogen-bond donors (Lipinski definition) is 3. The van der Waals surface area contributed by atoms with Gasteiger partial charge in [0.1, 0.15) is 0 Å². The van der Waals surface area contributed by atoms with Gasteiger partial charge in [0.05, 0.1) is 37.3 Å². The Morgan fingerprint density at radius 3 is 2.75 bits per heavy atom. The highest BCUT2D eigenvalue weighted by Gasteiger charge is 2.52. The summed E-state index contributed by atoms with van der Waals surface area (Å²) in [6, 6.07) is 7.64. The third kappa shape index (κ3) is 6.35. The summed E-state index contributed by atoms with van der Waals surface area (Å²) >= 11 is 0. The molecule has 1 aromatic rings. The molecule has 0 bridgehead atoms. The Labute approximate surface area is 215 Å². The van der Waals surface area contributed by atoms with E-state index in [9.17, 15) is 14.7 Å². The fourth-order valence-corrected chi connectivity index (χ4v) is 9.02. The molecule has 7 nitrogen and oxygen atoms in total. The number of aryl methyl sites for hydroxylation is 1. The molecule has 1 aromatic carbocycles. The van der Waals surface area contributed by atoms with Gasteiger partial charge in [-0.05, 0) is 81.8 Å². The number of nitrogens with zero attached hydrogens (tertiary/aromatic N) is 1. The summed E-state index contributed by atoms with van der Waals surface area (Å²) in [5.74, 6) is -0.00446. The van der Waals surface area contributed by atoms with Crippen molar-refractivity contribution in [2.45, 2.75) is 94.8 Å². The number of benzene rings is 1. The largest absolute Gasteiger partial charge is 0.394 e. The van der Waals surface area contributed by atoms with E-state index in [1.54, 1.807) is 18.0 Å². The molecule has 0 aliphatic carbocycles. The fourth-order valence-electron chi connectivity index (χ4n) is 6.47. The van der Waals surface area contributed by atoms with Gasteiger partial charge in [-0.1, -0.05) is 19.1 Å². The molecule has 3 heterocycles. The van der Waals surface area contributed by atoms with Crippen molar-refractivity contribution >= 4 is 25.9 Å². The van der Waals surface area contributed by atoms with Crippen LogP contribution in [0.25, 0.3) is 0 Å². The van der Waals surface area contributed by atoms with Crippen molar-refractivity contribution in [3.8, 4) is 0 Å². The van der Waals surface area contributed by atoms with E-state index < -0.39 is 14.5 Å². The van der Waals surface area contributed by atoms with Crippen molar-refractivity contribution in [2.75, 3.05) is 25.0 Å². The van der Waals surface area contributed by atoms with Crippen LogP contribution in [-0.2, 0) is 20.7 Å². The zero-order valence-electron chi connectivity index (χ0n) is 21.8. The molecule has 0 spiro atoms. The Morgan fingerprint density at radius 1 is 1.25 bits per heavy atom. The number of carbonyl (C=O) groups is 2. The molecule has 0 unspecified atom stereocenters. The molecule has 0 aromatic heterocycles. The van der Waals surface area contributed by atoms with Gasteiger partial charge in [0.25, 0.3) is 0 Å². The number of ether oxygens (including phenoxy) is 1. The van der Waals surface area contributed by atoms with E-state index in [0.29, 0.717) is 6.54 Å². The second kappa shape index (κ2) is 11.7. The number of hydrogen-bond acceptors (Lipinski definition) is 5. The third-order valence-electron chi connectivity index (χ3n) is 8.27. The van der Waals surface area contributed by atoms with Gasteiger partial charge in [-0.15, -0.1) is 0 Å². The van der Waals surface area contributed by atoms with Gasteiger partial charge in [0, 0.05) is 17.8 Å². The standard InChI is InChI=1S/C27H42FN3O4Si/c1-18-23(12-11-19-7-4-8-20(15-19)30-27(34)22-10-5-13-29-22)35-24(26(18)36(2,3)28)16-25(33)31-14-6-9-21(31)17-32/h4,7-8,15,18,21-24,26,29,32H,5-6,9-14,16-17H2,1-3H3,(H,30,34)/t18-,21-,22+,23+,24-,26+/m0/s1. The summed E-state index contributed by atoms with van der Waals surface area (Å²) in [7, 11) is -3.07. The first-order valence-corrected chi connectivity index (χ1v) is 16.5. The lowest BCUT2D eigenvalue weighted by molar-refractivity contribution is -0.135. The van der Waals surface area contributed by atoms with Crippen LogP contribution >= 0.6 is 0 Å². The highest BCUT2D eigenvalue weighted by atomic mass is 28.4. The van der Waals surface area contributed by atoms with E-state index in [1.165, 1.54) is 0 Å². The number of amides is 2. The molecule has 200 valence electrons. The Hall–Kier alpha value is -1.81. The third-order valence-corrected chi connectivity index (χ3v) is 10.8. The maximum atomic E-state index is 15.5. The van der Waals surface area contributed by atoms with Gasteiger partial charge in [-0.3, -0.25) is 9.59 Å². The lowest BCUT2D eigenvalue weighted by Crippen LogP contribution is -2.42. The minimum atomic E-state index is -3.07. The van der Waals surface area contributed by atoms with Crippen LogP contribution in [0.1, 0.15) is 51.0 Å². The monoisotopic (exact) mass is 519 g/mol. The lowest BCUT2D eigenvalue weighted by atomic mass is 9.95. The molecule has 6 atom stereocenters. The van der Waals surface area contributed by atoms with Crippen LogP contribution < -0.4 is 10.6 Å². The van der Waals surface area contributed by atoms with E-state index >= 15 is 4.11 Å². The molecule has 4 rings (SSSR count). The summed E-state index contributed by atoms with van der Waals surface area (Å²) in [5, 5.41) is 15.8. The normalized spacial score (nSPS) is 30.6. The SMILES string of the molecule is C[C@@H]1[C@@H]([Si](C)(C)F)[C@H](CC(=O)N2CCC[C@H]2CO)O[C@@H]1CCc1cccc(NC(=O)[C@H]2CCCN2)c1. The first-order valence-electron chi connectivity index (χ1n) is 13.5. The molecule has 3 fully saturated rings. The van der Waals surface area contributed by atoms with Crippen LogP contribution in [-0.4, -0.2) is 74.2 Å². The van der Waals surface area contributed by atoms with Gasteiger partial charge >= 0.3 is 0 Å². The highest BCUT2D eigenvalue weighted by molar-refractivity contribution is 6.72. The molecular formula is C27H42FN3O4Si. The van der Waals surface area contributed by atoms with Crippen LogP contribution in [0.2, 0.25) is 18.6 Å². The number of rotatable bonds is 9. The summed E-state index contributed by atoms with van der Waals surface area (Å²) in [6.07, 6.45) is 4.71. The zero-order valence-corrected chi connectivity index (χ0v) is 22.8. The Kier molecular flexibility index (Phi) is 8.86. The van der Waals surface area contributed by atoms with E-state index in [4.69, 9.17) is 4.74 Å². The first kappa shape index (κ1) is 27.2. The van der Waals surface area contributed by atoms with Gasteiger partial charge in [-0.25, -0.2) is 0 Å². The smallest absolute Gasteiger partial charge is 0.246 e. The van der Waals surface area contributed by atoms with Crippen LogP contribution in [0.5, 0.6) is 0 Å². The molecule has 3 N–H and O–H groups in total.